The van der Waals surface area contributed by atoms with Crippen LogP contribution in [0.5, 0.6) is 11.5 Å². The first kappa shape index (κ1) is 40.1. The number of halogens is 1. The summed E-state index contributed by atoms with van der Waals surface area (Å²) in [6, 6.07) is 8.03. The Morgan fingerprint density at radius 1 is 0.704 bits per heavy atom. The number of ether oxygens (including phenoxy) is 2. The van der Waals surface area contributed by atoms with Crippen LogP contribution >= 0.6 is 10.7 Å². The molecule has 17 nitrogen and oxygen atoms in total. The number of fused-ring (bicyclic) bond motifs is 2. The minimum absolute atomic E-state index is 0.110. The molecule has 0 atom stereocenters. The summed E-state index contributed by atoms with van der Waals surface area (Å²) in [5.41, 5.74) is 1.66. The highest BCUT2D eigenvalue weighted by molar-refractivity contribution is 8.13. The predicted octanol–water partition coefficient (Wildman–Crippen LogP) is 4.66. The lowest BCUT2D eigenvalue weighted by Gasteiger charge is -2.11. The third-order valence-corrected chi connectivity index (χ3v) is 10.2. The van der Waals surface area contributed by atoms with Gasteiger partial charge in [-0.1, -0.05) is 13.8 Å². The Bertz CT molecular complexity index is 2520. The highest BCUT2D eigenvalue weighted by Crippen LogP contribution is 2.32. The summed E-state index contributed by atoms with van der Waals surface area (Å²) in [7, 11) is -2.91. The van der Waals surface area contributed by atoms with Crippen molar-refractivity contribution >= 4 is 40.9 Å². The van der Waals surface area contributed by atoms with E-state index in [1.54, 1.807) is 27.7 Å². The molecule has 20 heteroatoms. The molecule has 0 aliphatic rings. The molecule has 6 rings (SSSR count). The van der Waals surface area contributed by atoms with Crippen LogP contribution in [0.1, 0.15) is 63.6 Å². The van der Waals surface area contributed by atoms with Gasteiger partial charge in [-0.15, -0.1) is 10.2 Å². The van der Waals surface area contributed by atoms with Crippen LogP contribution in [0.4, 0.5) is 0 Å². The van der Waals surface area contributed by atoms with Crippen LogP contribution in [-0.2, 0) is 32.0 Å². The predicted molar refractivity (Wildman–Crippen MR) is 201 cm³/mol. The van der Waals surface area contributed by atoms with Gasteiger partial charge in [0.1, 0.15) is 23.1 Å². The summed E-state index contributed by atoms with van der Waals surface area (Å²) >= 11 is 0. The van der Waals surface area contributed by atoms with E-state index in [9.17, 15) is 31.0 Å². The van der Waals surface area contributed by atoms with Crippen molar-refractivity contribution in [2.24, 2.45) is 0 Å². The monoisotopic (exact) mass is 802 g/mol. The Balaban J connectivity index is 0.000000208. The van der Waals surface area contributed by atoms with Crippen LogP contribution in [0.25, 0.3) is 33.8 Å². The fourth-order valence-corrected chi connectivity index (χ4v) is 7.03. The van der Waals surface area contributed by atoms with Crippen LogP contribution in [0.2, 0.25) is 0 Å². The van der Waals surface area contributed by atoms with Gasteiger partial charge in [0.2, 0.25) is 0 Å². The third-order valence-electron chi connectivity index (χ3n) is 8.02. The molecule has 3 N–H and O–H groups in total. The van der Waals surface area contributed by atoms with Crippen molar-refractivity contribution in [3.05, 3.63) is 80.1 Å². The van der Waals surface area contributed by atoms with E-state index in [2.05, 4.69) is 30.1 Å². The molecule has 4 aromatic heterocycles. The molecule has 0 aliphatic heterocycles. The van der Waals surface area contributed by atoms with Crippen molar-refractivity contribution in [3.8, 4) is 34.3 Å². The second-order valence-electron chi connectivity index (χ2n) is 11.9. The lowest BCUT2D eigenvalue weighted by molar-refractivity contribution is 0.341. The van der Waals surface area contributed by atoms with Gasteiger partial charge in [0.05, 0.1) is 45.5 Å². The van der Waals surface area contributed by atoms with Crippen molar-refractivity contribution < 1.29 is 30.9 Å². The molecular formula is C34H39ClN8O9S2. The number of aromatic nitrogens is 8. The average molecular weight is 803 g/mol. The fraction of sp³-hybridized carbons (Fsp3) is 0.353. The zero-order valence-electron chi connectivity index (χ0n) is 30.3. The molecular weight excluding hydrogens is 764 g/mol. The molecule has 0 amide bonds. The van der Waals surface area contributed by atoms with Gasteiger partial charge >= 0.3 is 0 Å². The largest absolute Gasteiger partial charge is 0.493 e. The Morgan fingerprint density at radius 2 is 1.11 bits per heavy atom. The van der Waals surface area contributed by atoms with E-state index < -0.39 is 24.7 Å². The molecule has 0 saturated carbocycles. The second-order valence-corrected chi connectivity index (χ2v) is 15.9. The lowest BCUT2D eigenvalue weighted by Crippen LogP contribution is -2.16. The number of nitrogens with one attached hydrogen (secondary N) is 2. The molecule has 0 unspecified atom stereocenters. The van der Waals surface area contributed by atoms with Crippen molar-refractivity contribution in [1.82, 2.24) is 39.2 Å². The van der Waals surface area contributed by atoms with Crippen molar-refractivity contribution in [1.29, 1.82) is 0 Å². The van der Waals surface area contributed by atoms with E-state index >= 15 is 0 Å². The number of hydrogen-bond donors (Lipinski definition) is 3. The van der Waals surface area contributed by atoms with Crippen LogP contribution in [0.3, 0.4) is 0 Å². The molecule has 4 heterocycles. The maximum absolute atomic E-state index is 12.6. The summed E-state index contributed by atoms with van der Waals surface area (Å²) < 4.78 is 69.9. The van der Waals surface area contributed by atoms with E-state index in [0.29, 0.717) is 77.2 Å². The van der Waals surface area contributed by atoms with Gasteiger partial charge in [0, 0.05) is 23.5 Å². The van der Waals surface area contributed by atoms with E-state index in [1.165, 1.54) is 45.4 Å². The molecule has 0 saturated heterocycles. The Kier molecular flexibility index (Phi) is 11.9. The SMILES string of the molecule is CCCc1nc(C)c2c(=O)[nH]c(-c3cc(S(=O)(=O)Cl)ccc3OCC)nn12.CCCc1nc(C)c2c(=O)[nH]c(-c3cc(S(=O)(=O)O)ccc3OCC)nn12. The zero-order chi connectivity index (χ0) is 39.5. The smallest absolute Gasteiger partial charge is 0.294 e. The molecule has 0 spiro atoms. The maximum atomic E-state index is 12.6. The van der Waals surface area contributed by atoms with E-state index in [4.69, 9.17) is 20.2 Å². The summed E-state index contributed by atoms with van der Waals surface area (Å²) in [4.78, 5) is 39.0. The molecule has 6 aromatic rings. The Morgan fingerprint density at radius 3 is 1.48 bits per heavy atom. The number of rotatable bonds is 12. The highest BCUT2D eigenvalue weighted by Gasteiger charge is 2.21. The van der Waals surface area contributed by atoms with Gasteiger partial charge in [-0.25, -0.2) is 27.4 Å². The van der Waals surface area contributed by atoms with Crippen LogP contribution in [-0.4, -0.2) is 73.8 Å². The number of benzene rings is 2. The normalized spacial score (nSPS) is 11.9. The Hall–Kier alpha value is -5.11. The molecule has 0 bridgehead atoms. The lowest BCUT2D eigenvalue weighted by atomic mass is 10.2. The minimum Gasteiger partial charge on any atom is -0.493 e. The van der Waals surface area contributed by atoms with Gasteiger partial charge in [-0.3, -0.25) is 14.1 Å². The molecule has 2 aromatic carbocycles. The molecule has 0 fully saturated rings. The standard InChI is InChI=1S/C17H19ClN4O4S.C17H20N4O5S/c1-4-6-14-19-10(3)15-17(23)20-16(21-22(14)15)12-9-11(27(18,24)25)7-8-13(12)26-5-2;1-4-6-14-18-10(3)15-17(22)19-16(20-21(14)15)12-9-11(27(23,24)25)7-8-13(12)26-5-2/h7-9H,4-6H2,1-3H3,(H,20,21,23);7-9H,4-6H2,1-3H3,(H,19,20,22)(H,23,24,25). The quantitative estimate of drug-likeness (QED) is 0.113. The van der Waals surface area contributed by atoms with E-state index in [1.807, 2.05) is 13.8 Å². The maximum Gasteiger partial charge on any atom is 0.294 e. The number of H-pyrrole nitrogens is 2. The number of imidazole rings is 2. The first-order valence-corrected chi connectivity index (χ1v) is 20.7. The summed E-state index contributed by atoms with van der Waals surface area (Å²) in [5.74, 6) is 2.32. The van der Waals surface area contributed by atoms with Crippen LogP contribution in [0.15, 0.2) is 55.8 Å². The molecule has 54 heavy (non-hydrogen) atoms. The van der Waals surface area contributed by atoms with Crippen molar-refractivity contribution in [2.75, 3.05) is 13.2 Å². The number of aromatic amines is 2. The number of nitrogens with zero attached hydrogens (tertiary/aromatic N) is 6. The third kappa shape index (κ3) is 8.33. The van der Waals surface area contributed by atoms with Crippen molar-refractivity contribution in [3.63, 3.8) is 0 Å². The highest BCUT2D eigenvalue weighted by atomic mass is 35.7. The number of hydrogen-bond acceptors (Lipinski definition) is 12. The van der Waals surface area contributed by atoms with Crippen molar-refractivity contribution in [2.45, 2.75) is 77.0 Å². The van der Waals surface area contributed by atoms with E-state index in [-0.39, 0.29) is 32.6 Å². The Labute approximate surface area is 314 Å². The zero-order valence-corrected chi connectivity index (χ0v) is 32.7. The summed E-state index contributed by atoms with van der Waals surface area (Å²) in [5, 5.41) is 8.95. The van der Waals surface area contributed by atoms with Gasteiger partial charge in [-0.2, -0.15) is 8.42 Å². The molecule has 0 aliphatic carbocycles. The number of aryl methyl sites for hydroxylation is 4. The minimum atomic E-state index is -4.42. The summed E-state index contributed by atoms with van der Waals surface area (Å²) in [6.07, 6.45) is 2.95. The van der Waals surface area contributed by atoms with Gasteiger partial charge in [0.15, 0.2) is 22.7 Å². The first-order chi connectivity index (χ1) is 25.5. The van der Waals surface area contributed by atoms with Crippen LogP contribution < -0.4 is 20.6 Å². The fourth-order valence-electron chi connectivity index (χ4n) is 5.75. The van der Waals surface area contributed by atoms with Gasteiger partial charge < -0.3 is 19.4 Å². The first-order valence-electron chi connectivity index (χ1n) is 17.0. The average Bonchev–Trinajstić information content (AvgIpc) is 3.60. The second kappa shape index (κ2) is 16.1. The van der Waals surface area contributed by atoms with Gasteiger partial charge in [-0.05, 0) is 76.9 Å². The van der Waals surface area contributed by atoms with Crippen LogP contribution in [0, 0.1) is 13.8 Å². The van der Waals surface area contributed by atoms with Gasteiger partial charge in [0.25, 0.3) is 30.3 Å². The summed E-state index contributed by atoms with van der Waals surface area (Å²) in [6.45, 7) is 11.7. The van der Waals surface area contributed by atoms with E-state index in [0.717, 1.165) is 12.8 Å². The molecule has 288 valence electrons. The topological polar surface area (TPSA) is 233 Å². The molecule has 0 radical (unpaired) electrons.